The zero-order valence-electron chi connectivity index (χ0n) is 12.0. The fraction of sp³-hybridized carbons (Fsp3) is 0.733. The van der Waals surface area contributed by atoms with Crippen molar-refractivity contribution in [1.82, 2.24) is 0 Å². The molecule has 0 aromatic carbocycles. The zero-order valence-corrected chi connectivity index (χ0v) is 12.0. The largest absolute Gasteiger partial charge is 0.481 e. The molecule has 2 N–H and O–H groups in total. The van der Waals surface area contributed by atoms with E-state index in [4.69, 9.17) is 10.2 Å². The monoisotopic (exact) mass is 298 g/mol. The van der Waals surface area contributed by atoms with Crippen LogP contribution in [0, 0.1) is 11.8 Å². The highest BCUT2D eigenvalue weighted by Crippen LogP contribution is 2.24. The summed E-state index contributed by atoms with van der Waals surface area (Å²) in [5.74, 6) is -1.83. The molecule has 2 atom stereocenters. The lowest BCUT2D eigenvalue weighted by Gasteiger charge is -2.17. The molecule has 2 aliphatic carbocycles. The number of carbonyl (C=O) groups excluding carboxylic acids is 2. The maximum absolute atomic E-state index is 11.1. The lowest BCUT2D eigenvalue weighted by atomic mass is 9.86. The van der Waals surface area contributed by atoms with Gasteiger partial charge in [-0.3, -0.25) is 19.2 Å². The molecule has 2 fully saturated rings. The number of ketones is 2. The van der Waals surface area contributed by atoms with E-state index < -0.39 is 11.9 Å². The Morgan fingerprint density at radius 2 is 1.24 bits per heavy atom. The molecule has 0 amide bonds. The third-order valence-corrected chi connectivity index (χ3v) is 3.95. The van der Waals surface area contributed by atoms with Crippen LogP contribution in [0.25, 0.3) is 0 Å². The lowest BCUT2D eigenvalue weighted by Crippen LogP contribution is -2.21. The molecule has 0 aliphatic heterocycles. The molecule has 118 valence electrons. The van der Waals surface area contributed by atoms with Crippen molar-refractivity contribution in [2.45, 2.75) is 57.8 Å². The molecule has 6 nitrogen and oxygen atoms in total. The number of aliphatic carboxylic acids is 2. The second-order valence-corrected chi connectivity index (χ2v) is 5.66. The summed E-state index contributed by atoms with van der Waals surface area (Å²) in [7, 11) is 0. The number of hydrogen-bond acceptors (Lipinski definition) is 4. The minimum Gasteiger partial charge on any atom is -0.481 e. The van der Waals surface area contributed by atoms with Crippen LogP contribution in [-0.4, -0.2) is 33.7 Å². The second kappa shape index (κ2) is 8.54. The SMILES string of the molecule is O=C(O)CC1CCCC1=O.O=C(O)CC1CCCCC1=O. The van der Waals surface area contributed by atoms with Gasteiger partial charge in [-0.15, -0.1) is 0 Å². The Labute approximate surface area is 123 Å². The molecule has 2 unspecified atom stereocenters. The van der Waals surface area contributed by atoms with E-state index in [1.807, 2.05) is 0 Å². The van der Waals surface area contributed by atoms with E-state index in [1.54, 1.807) is 0 Å². The summed E-state index contributed by atoms with van der Waals surface area (Å²) in [4.78, 5) is 42.3. The summed E-state index contributed by atoms with van der Waals surface area (Å²) in [5.41, 5.74) is 0. The van der Waals surface area contributed by atoms with E-state index in [2.05, 4.69) is 0 Å². The van der Waals surface area contributed by atoms with Crippen LogP contribution < -0.4 is 0 Å². The molecule has 0 aromatic rings. The first-order valence-electron chi connectivity index (χ1n) is 7.39. The van der Waals surface area contributed by atoms with E-state index in [1.165, 1.54) is 0 Å². The zero-order chi connectivity index (χ0) is 15.8. The maximum atomic E-state index is 11.1. The minimum atomic E-state index is -0.861. The normalized spacial score (nSPS) is 25.1. The van der Waals surface area contributed by atoms with Crippen molar-refractivity contribution in [2.75, 3.05) is 0 Å². The molecular weight excluding hydrogens is 276 g/mol. The highest BCUT2D eigenvalue weighted by atomic mass is 16.4. The molecule has 0 heterocycles. The Balaban J connectivity index is 0.000000211. The number of carboxylic acid groups (broad SMARTS) is 2. The molecule has 0 radical (unpaired) electrons. The first-order valence-corrected chi connectivity index (χ1v) is 7.39. The summed E-state index contributed by atoms with van der Waals surface area (Å²) in [6.07, 6.45) is 5.57. The number of rotatable bonds is 4. The Bertz CT molecular complexity index is 414. The number of carboxylic acids is 2. The summed E-state index contributed by atoms with van der Waals surface area (Å²) in [5, 5.41) is 16.8. The molecule has 2 rings (SSSR count). The van der Waals surface area contributed by atoms with Crippen LogP contribution in [0.4, 0.5) is 0 Å². The van der Waals surface area contributed by atoms with Gasteiger partial charge in [0.05, 0.1) is 12.8 Å². The average Bonchev–Trinajstić information content (AvgIpc) is 2.77. The smallest absolute Gasteiger partial charge is 0.304 e. The predicted octanol–water partition coefficient (Wildman–Crippen LogP) is 2.05. The van der Waals surface area contributed by atoms with Crippen LogP contribution in [0.1, 0.15) is 57.8 Å². The van der Waals surface area contributed by atoms with Crippen LogP contribution in [-0.2, 0) is 19.2 Å². The molecule has 0 aromatic heterocycles. The highest BCUT2D eigenvalue weighted by molar-refractivity contribution is 5.86. The van der Waals surface area contributed by atoms with Gasteiger partial charge in [0.25, 0.3) is 0 Å². The fourth-order valence-electron chi connectivity index (χ4n) is 2.80. The van der Waals surface area contributed by atoms with Gasteiger partial charge in [0, 0.05) is 24.7 Å². The van der Waals surface area contributed by atoms with E-state index in [-0.39, 0.29) is 36.2 Å². The van der Waals surface area contributed by atoms with Crippen molar-refractivity contribution in [3.8, 4) is 0 Å². The van der Waals surface area contributed by atoms with Crippen molar-refractivity contribution in [3.05, 3.63) is 0 Å². The first kappa shape index (κ1) is 17.3. The molecule has 0 saturated heterocycles. The van der Waals surface area contributed by atoms with Crippen LogP contribution in [0.3, 0.4) is 0 Å². The van der Waals surface area contributed by atoms with Crippen LogP contribution in [0.15, 0.2) is 0 Å². The topological polar surface area (TPSA) is 109 Å². The predicted molar refractivity (Wildman–Crippen MR) is 73.8 cm³/mol. The van der Waals surface area contributed by atoms with E-state index in [9.17, 15) is 19.2 Å². The fourth-order valence-corrected chi connectivity index (χ4v) is 2.80. The third kappa shape index (κ3) is 6.51. The summed E-state index contributed by atoms with van der Waals surface area (Å²) >= 11 is 0. The number of carbonyl (C=O) groups is 4. The highest BCUT2D eigenvalue weighted by Gasteiger charge is 2.26. The van der Waals surface area contributed by atoms with E-state index in [0.717, 1.165) is 32.1 Å². The summed E-state index contributed by atoms with van der Waals surface area (Å²) in [6, 6.07) is 0. The van der Waals surface area contributed by atoms with Gasteiger partial charge in [0.1, 0.15) is 11.6 Å². The maximum Gasteiger partial charge on any atom is 0.304 e. The van der Waals surface area contributed by atoms with Gasteiger partial charge >= 0.3 is 11.9 Å². The Morgan fingerprint density at radius 1 is 0.810 bits per heavy atom. The molecular formula is C15H22O6. The van der Waals surface area contributed by atoms with Gasteiger partial charge in [-0.2, -0.15) is 0 Å². The summed E-state index contributed by atoms with van der Waals surface area (Å²) < 4.78 is 0. The summed E-state index contributed by atoms with van der Waals surface area (Å²) in [6.45, 7) is 0. The quantitative estimate of drug-likeness (QED) is 0.822. The lowest BCUT2D eigenvalue weighted by molar-refractivity contribution is -0.141. The van der Waals surface area contributed by atoms with Crippen molar-refractivity contribution in [3.63, 3.8) is 0 Å². The van der Waals surface area contributed by atoms with Gasteiger partial charge in [-0.25, -0.2) is 0 Å². The molecule has 6 heteroatoms. The van der Waals surface area contributed by atoms with Crippen molar-refractivity contribution < 1.29 is 29.4 Å². The van der Waals surface area contributed by atoms with Crippen molar-refractivity contribution in [1.29, 1.82) is 0 Å². The first-order chi connectivity index (χ1) is 9.90. The van der Waals surface area contributed by atoms with Gasteiger partial charge in [-0.05, 0) is 25.7 Å². The molecule has 2 saturated carbocycles. The van der Waals surface area contributed by atoms with Crippen molar-refractivity contribution in [2.24, 2.45) is 11.8 Å². The molecule has 0 bridgehead atoms. The molecule has 2 aliphatic rings. The third-order valence-electron chi connectivity index (χ3n) is 3.95. The van der Waals surface area contributed by atoms with Gasteiger partial charge in [0.15, 0.2) is 0 Å². The van der Waals surface area contributed by atoms with Crippen LogP contribution in [0.5, 0.6) is 0 Å². The Hall–Kier alpha value is -1.72. The van der Waals surface area contributed by atoms with Crippen LogP contribution >= 0.6 is 0 Å². The average molecular weight is 298 g/mol. The standard InChI is InChI=1S/C8H12O3.C7H10O3/c9-7-4-2-1-3-6(7)5-8(10)11;8-6-3-1-2-5(6)4-7(9)10/h6H,1-5H2,(H,10,11);5H,1-4H2,(H,9,10). The van der Waals surface area contributed by atoms with E-state index >= 15 is 0 Å². The van der Waals surface area contributed by atoms with Crippen molar-refractivity contribution >= 4 is 23.5 Å². The Kier molecular flexibility index (Phi) is 7.05. The van der Waals surface area contributed by atoms with Gasteiger partial charge in [-0.1, -0.05) is 6.42 Å². The molecule has 21 heavy (non-hydrogen) atoms. The second-order valence-electron chi connectivity index (χ2n) is 5.66. The van der Waals surface area contributed by atoms with E-state index in [0.29, 0.717) is 12.8 Å². The number of Topliss-reactive ketones (excluding diaryl/α,β-unsaturated/α-hetero) is 2. The number of hydrogen-bond donors (Lipinski definition) is 2. The van der Waals surface area contributed by atoms with Gasteiger partial charge in [0.2, 0.25) is 0 Å². The van der Waals surface area contributed by atoms with Gasteiger partial charge < -0.3 is 10.2 Å². The minimum absolute atomic E-state index is 0.0266. The van der Waals surface area contributed by atoms with Crippen LogP contribution in [0.2, 0.25) is 0 Å². The Morgan fingerprint density at radius 3 is 1.62 bits per heavy atom. The molecule has 0 spiro atoms.